The lowest BCUT2D eigenvalue weighted by molar-refractivity contribution is -0.137. The first-order valence-electron chi connectivity index (χ1n) is 4.85. The summed E-state index contributed by atoms with van der Waals surface area (Å²) in [4.78, 5) is 14.5. The Morgan fingerprint density at radius 1 is 1.37 bits per heavy atom. The van der Waals surface area contributed by atoms with Gasteiger partial charge in [0.05, 0.1) is 10.4 Å². The van der Waals surface area contributed by atoms with Crippen LogP contribution in [0.3, 0.4) is 0 Å². The molecule has 1 aromatic carbocycles. The molecule has 19 heavy (non-hydrogen) atoms. The maximum Gasteiger partial charge on any atom is 0.443 e. The second-order valence-electron chi connectivity index (χ2n) is 3.52. The molecule has 0 aliphatic rings. The van der Waals surface area contributed by atoms with E-state index in [9.17, 15) is 18.0 Å². The van der Waals surface area contributed by atoms with E-state index in [-0.39, 0.29) is 16.0 Å². The fourth-order valence-corrected chi connectivity index (χ4v) is 2.62. The number of carboxylic acids is 1. The minimum Gasteiger partial charge on any atom is -0.478 e. The Labute approximate surface area is 117 Å². The molecule has 2 rings (SSSR count). The summed E-state index contributed by atoms with van der Waals surface area (Å²) in [6.45, 7) is 0. The third-order valence-electron chi connectivity index (χ3n) is 2.23. The summed E-state index contributed by atoms with van der Waals surface area (Å²) in [6.07, 6.45) is -3.50. The smallest absolute Gasteiger partial charge is 0.443 e. The molecule has 0 saturated heterocycles. The Hall–Kier alpha value is -1.41. The SMILES string of the molecule is O=C(O)c1cc(Br)ccc1-c1cnc(C(F)(F)F)s1. The summed E-state index contributed by atoms with van der Waals surface area (Å²) in [5, 5.41) is 8.06. The van der Waals surface area contributed by atoms with Gasteiger partial charge in [-0.2, -0.15) is 13.2 Å². The monoisotopic (exact) mass is 351 g/mol. The first kappa shape index (κ1) is 14.0. The topological polar surface area (TPSA) is 50.2 Å². The second kappa shape index (κ2) is 4.93. The predicted molar refractivity (Wildman–Crippen MR) is 67.2 cm³/mol. The molecule has 0 aliphatic carbocycles. The first-order chi connectivity index (χ1) is 8.79. The van der Waals surface area contributed by atoms with Crippen LogP contribution in [-0.4, -0.2) is 16.1 Å². The number of nitrogens with zero attached hydrogens (tertiary/aromatic N) is 1. The summed E-state index contributed by atoms with van der Waals surface area (Å²) >= 11 is 3.53. The van der Waals surface area contributed by atoms with Crippen LogP contribution < -0.4 is 0 Å². The molecule has 0 bridgehead atoms. The van der Waals surface area contributed by atoms with Gasteiger partial charge in [-0.05, 0) is 12.1 Å². The average Bonchev–Trinajstić information content (AvgIpc) is 2.77. The van der Waals surface area contributed by atoms with Crippen LogP contribution in [0.15, 0.2) is 28.9 Å². The number of carbonyl (C=O) groups is 1. The number of benzene rings is 1. The summed E-state index contributed by atoms with van der Waals surface area (Å²) in [5.41, 5.74) is 0.135. The van der Waals surface area contributed by atoms with Crippen LogP contribution in [0, 0.1) is 0 Å². The molecule has 100 valence electrons. The Kier molecular flexibility index (Phi) is 3.64. The molecule has 0 aliphatic heterocycles. The third-order valence-corrected chi connectivity index (χ3v) is 3.79. The molecule has 1 heterocycles. The number of alkyl halides is 3. The number of halogens is 4. The number of carboxylic acid groups (broad SMARTS) is 1. The van der Waals surface area contributed by atoms with E-state index in [1.807, 2.05) is 0 Å². The zero-order valence-corrected chi connectivity index (χ0v) is 11.4. The van der Waals surface area contributed by atoms with Gasteiger partial charge in [0.25, 0.3) is 0 Å². The van der Waals surface area contributed by atoms with Crippen LogP contribution >= 0.6 is 27.3 Å². The maximum atomic E-state index is 12.5. The fraction of sp³-hybridized carbons (Fsp3) is 0.0909. The van der Waals surface area contributed by atoms with Gasteiger partial charge in [-0.15, -0.1) is 11.3 Å². The van der Waals surface area contributed by atoms with Crippen molar-refractivity contribution in [3.05, 3.63) is 39.4 Å². The normalized spacial score (nSPS) is 11.6. The fourth-order valence-electron chi connectivity index (χ4n) is 1.44. The quantitative estimate of drug-likeness (QED) is 0.877. The van der Waals surface area contributed by atoms with Crippen molar-refractivity contribution >= 4 is 33.2 Å². The number of hydrogen-bond acceptors (Lipinski definition) is 3. The number of hydrogen-bond donors (Lipinski definition) is 1. The standard InChI is InChI=1S/C11H5BrF3NO2S/c12-5-1-2-6(7(3-5)9(17)18)8-4-16-10(19-8)11(13,14)15/h1-4H,(H,17,18). The molecular formula is C11H5BrF3NO2S. The third kappa shape index (κ3) is 2.95. The molecule has 0 saturated carbocycles. The minimum absolute atomic E-state index is 0.0771. The van der Waals surface area contributed by atoms with Crippen molar-refractivity contribution in [2.24, 2.45) is 0 Å². The van der Waals surface area contributed by atoms with Crippen LogP contribution in [0.4, 0.5) is 13.2 Å². The molecular weight excluding hydrogens is 347 g/mol. The van der Waals surface area contributed by atoms with Gasteiger partial charge < -0.3 is 5.11 Å². The van der Waals surface area contributed by atoms with Gasteiger partial charge in [0.1, 0.15) is 0 Å². The van der Waals surface area contributed by atoms with Gasteiger partial charge in [-0.25, -0.2) is 9.78 Å². The van der Waals surface area contributed by atoms with Crippen LogP contribution in [0.2, 0.25) is 0 Å². The van der Waals surface area contributed by atoms with E-state index in [0.29, 0.717) is 15.8 Å². The van der Waals surface area contributed by atoms with Crippen molar-refractivity contribution in [3.8, 4) is 10.4 Å². The Bertz CT molecular complexity index is 639. The van der Waals surface area contributed by atoms with E-state index >= 15 is 0 Å². The molecule has 2 aromatic rings. The summed E-state index contributed by atoms with van der Waals surface area (Å²) in [7, 11) is 0. The van der Waals surface area contributed by atoms with Gasteiger partial charge in [-0.3, -0.25) is 0 Å². The molecule has 0 fully saturated rings. The molecule has 0 unspecified atom stereocenters. The Morgan fingerprint density at radius 2 is 2.05 bits per heavy atom. The highest BCUT2D eigenvalue weighted by Gasteiger charge is 2.35. The first-order valence-corrected chi connectivity index (χ1v) is 6.46. The Morgan fingerprint density at radius 3 is 2.58 bits per heavy atom. The van der Waals surface area contributed by atoms with Crippen molar-refractivity contribution in [2.45, 2.75) is 6.18 Å². The van der Waals surface area contributed by atoms with Crippen molar-refractivity contribution in [3.63, 3.8) is 0 Å². The summed E-state index contributed by atoms with van der Waals surface area (Å²) in [6, 6.07) is 4.35. The second-order valence-corrected chi connectivity index (χ2v) is 5.47. The zero-order chi connectivity index (χ0) is 14.2. The summed E-state index contributed by atoms with van der Waals surface area (Å²) < 4.78 is 37.9. The highest BCUT2D eigenvalue weighted by Crippen LogP contribution is 2.37. The van der Waals surface area contributed by atoms with Gasteiger partial charge in [0.15, 0.2) is 5.01 Å². The van der Waals surface area contributed by atoms with Crippen LogP contribution in [-0.2, 0) is 6.18 Å². The van der Waals surface area contributed by atoms with Gasteiger partial charge in [0.2, 0.25) is 0 Å². The van der Waals surface area contributed by atoms with E-state index in [4.69, 9.17) is 5.11 Å². The lowest BCUT2D eigenvalue weighted by Gasteiger charge is -2.04. The maximum absolute atomic E-state index is 12.5. The van der Waals surface area contributed by atoms with E-state index in [2.05, 4.69) is 20.9 Å². The average molecular weight is 352 g/mol. The van der Waals surface area contributed by atoms with Gasteiger partial charge >= 0.3 is 12.1 Å². The predicted octanol–water partition coefficient (Wildman–Crippen LogP) is 4.29. The highest BCUT2D eigenvalue weighted by molar-refractivity contribution is 9.10. The lowest BCUT2D eigenvalue weighted by Crippen LogP contribution is -2.02. The number of rotatable bonds is 2. The number of aromatic carboxylic acids is 1. The van der Waals surface area contributed by atoms with Crippen molar-refractivity contribution in [2.75, 3.05) is 0 Å². The molecule has 1 aromatic heterocycles. The summed E-state index contributed by atoms with van der Waals surface area (Å²) in [5.74, 6) is -1.21. The number of thiazole rings is 1. The van der Waals surface area contributed by atoms with E-state index < -0.39 is 17.2 Å². The zero-order valence-electron chi connectivity index (χ0n) is 9.03. The van der Waals surface area contributed by atoms with Crippen molar-refractivity contribution in [1.29, 1.82) is 0 Å². The molecule has 1 N–H and O–H groups in total. The largest absolute Gasteiger partial charge is 0.478 e. The molecule has 3 nitrogen and oxygen atoms in total. The highest BCUT2D eigenvalue weighted by atomic mass is 79.9. The van der Waals surface area contributed by atoms with E-state index in [0.717, 1.165) is 6.20 Å². The van der Waals surface area contributed by atoms with E-state index in [1.165, 1.54) is 12.1 Å². The van der Waals surface area contributed by atoms with Crippen LogP contribution in [0.1, 0.15) is 15.4 Å². The molecule has 0 spiro atoms. The Balaban J connectivity index is 2.53. The van der Waals surface area contributed by atoms with Gasteiger partial charge in [-0.1, -0.05) is 22.0 Å². The van der Waals surface area contributed by atoms with E-state index in [1.54, 1.807) is 6.07 Å². The van der Waals surface area contributed by atoms with Crippen molar-refractivity contribution < 1.29 is 23.1 Å². The molecule has 0 radical (unpaired) electrons. The van der Waals surface area contributed by atoms with Crippen LogP contribution in [0.5, 0.6) is 0 Å². The minimum atomic E-state index is -4.53. The number of aromatic nitrogens is 1. The lowest BCUT2D eigenvalue weighted by atomic mass is 10.1. The van der Waals surface area contributed by atoms with Crippen LogP contribution in [0.25, 0.3) is 10.4 Å². The molecule has 0 amide bonds. The molecule has 0 atom stereocenters. The molecule has 8 heteroatoms. The van der Waals surface area contributed by atoms with Crippen molar-refractivity contribution in [1.82, 2.24) is 4.98 Å². The van der Waals surface area contributed by atoms with Gasteiger partial charge in [0, 0.05) is 16.2 Å².